The Kier molecular flexibility index (Phi) is 5.52. The minimum absolute atomic E-state index is 0.271. The smallest absolute Gasteiger partial charge is 0.338 e. The molecule has 0 aromatic heterocycles. The predicted octanol–water partition coefficient (Wildman–Crippen LogP) is 4.71. The Morgan fingerprint density at radius 3 is 2.71 bits per heavy atom. The fraction of sp³-hybridized carbons (Fsp3) is 0.381. The SMILES string of the molecule is CCCOC(=O)c1cccc(COc2ccc3c(c2)CCCC3)c1. The highest BCUT2D eigenvalue weighted by Crippen LogP contribution is 2.25. The van der Waals surface area contributed by atoms with E-state index in [0.717, 1.165) is 24.2 Å². The lowest BCUT2D eigenvalue weighted by molar-refractivity contribution is 0.0505. The Bertz CT molecular complexity index is 706. The molecule has 3 rings (SSSR count). The minimum Gasteiger partial charge on any atom is -0.489 e. The first-order chi connectivity index (χ1) is 11.8. The van der Waals surface area contributed by atoms with Gasteiger partial charge in [0.05, 0.1) is 12.2 Å². The van der Waals surface area contributed by atoms with Crippen LogP contribution in [0, 0.1) is 0 Å². The molecule has 0 heterocycles. The molecule has 1 aliphatic carbocycles. The van der Waals surface area contributed by atoms with Crippen molar-refractivity contribution in [2.75, 3.05) is 6.61 Å². The molecule has 0 atom stereocenters. The number of benzene rings is 2. The number of carbonyl (C=O) groups is 1. The van der Waals surface area contributed by atoms with E-state index in [9.17, 15) is 4.79 Å². The van der Waals surface area contributed by atoms with Crippen LogP contribution in [-0.2, 0) is 24.2 Å². The summed E-state index contributed by atoms with van der Waals surface area (Å²) in [4.78, 5) is 11.9. The molecule has 3 heteroatoms. The largest absolute Gasteiger partial charge is 0.489 e. The number of ether oxygens (including phenoxy) is 2. The van der Waals surface area contributed by atoms with Gasteiger partial charge in [-0.1, -0.05) is 25.1 Å². The summed E-state index contributed by atoms with van der Waals surface area (Å²) in [7, 11) is 0. The molecule has 3 nitrogen and oxygen atoms in total. The van der Waals surface area contributed by atoms with E-state index >= 15 is 0 Å². The number of rotatable bonds is 6. The average molecular weight is 324 g/mol. The number of esters is 1. The van der Waals surface area contributed by atoms with Gasteiger partial charge in [0.1, 0.15) is 12.4 Å². The van der Waals surface area contributed by atoms with Crippen molar-refractivity contribution in [1.29, 1.82) is 0 Å². The van der Waals surface area contributed by atoms with Crippen molar-refractivity contribution in [3.05, 3.63) is 64.7 Å². The monoisotopic (exact) mass is 324 g/mol. The molecule has 0 aliphatic heterocycles. The molecular formula is C21H24O3. The molecule has 0 spiro atoms. The van der Waals surface area contributed by atoms with Gasteiger partial charge in [-0.15, -0.1) is 0 Å². The molecule has 0 saturated carbocycles. The summed E-state index contributed by atoms with van der Waals surface area (Å²) in [6.07, 6.45) is 5.70. The van der Waals surface area contributed by atoms with Gasteiger partial charge in [0.15, 0.2) is 0 Å². The lowest BCUT2D eigenvalue weighted by atomic mass is 9.92. The molecule has 24 heavy (non-hydrogen) atoms. The number of carbonyl (C=O) groups excluding carboxylic acids is 1. The zero-order valence-electron chi connectivity index (χ0n) is 14.2. The maximum absolute atomic E-state index is 11.9. The molecule has 0 saturated heterocycles. The second-order valence-electron chi connectivity index (χ2n) is 6.26. The Hall–Kier alpha value is -2.29. The van der Waals surface area contributed by atoms with Gasteiger partial charge in [-0.25, -0.2) is 4.79 Å². The fourth-order valence-corrected chi connectivity index (χ4v) is 3.03. The topological polar surface area (TPSA) is 35.5 Å². The quantitative estimate of drug-likeness (QED) is 0.722. The third kappa shape index (κ3) is 4.16. The maximum atomic E-state index is 11.9. The Balaban J connectivity index is 1.63. The highest BCUT2D eigenvalue weighted by atomic mass is 16.5. The van der Waals surface area contributed by atoms with E-state index in [1.54, 1.807) is 6.07 Å². The van der Waals surface area contributed by atoms with E-state index in [1.165, 1.54) is 30.4 Å². The van der Waals surface area contributed by atoms with Crippen molar-refractivity contribution < 1.29 is 14.3 Å². The van der Waals surface area contributed by atoms with Crippen LogP contribution in [0.25, 0.3) is 0 Å². The van der Waals surface area contributed by atoms with Crippen LogP contribution >= 0.6 is 0 Å². The summed E-state index contributed by atoms with van der Waals surface area (Å²) >= 11 is 0. The minimum atomic E-state index is -0.271. The second kappa shape index (κ2) is 8.00. The van der Waals surface area contributed by atoms with Crippen molar-refractivity contribution in [2.45, 2.75) is 45.6 Å². The summed E-state index contributed by atoms with van der Waals surface area (Å²) in [5.74, 6) is 0.627. The zero-order valence-corrected chi connectivity index (χ0v) is 14.2. The van der Waals surface area contributed by atoms with Gasteiger partial charge in [-0.3, -0.25) is 0 Å². The normalized spacial score (nSPS) is 13.2. The molecule has 1 aliphatic rings. The number of aryl methyl sites for hydroxylation is 2. The van der Waals surface area contributed by atoms with Crippen LogP contribution < -0.4 is 4.74 Å². The summed E-state index contributed by atoms with van der Waals surface area (Å²) in [5, 5.41) is 0. The fourth-order valence-electron chi connectivity index (χ4n) is 3.03. The lowest BCUT2D eigenvalue weighted by Gasteiger charge is -2.17. The Labute approximate surface area is 143 Å². The van der Waals surface area contributed by atoms with E-state index in [0.29, 0.717) is 18.8 Å². The summed E-state index contributed by atoms with van der Waals surface area (Å²) < 4.78 is 11.1. The van der Waals surface area contributed by atoms with E-state index in [-0.39, 0.29) is 5.97 Å². The van der Waals surface area contributed by atoms with Crippen LogP contribution in [0.3, 0.4) is 0 Å². The molecule has 0 bridgehead atoms. The predicted molar refractivity (Wildman–Crippen MR) is 94.4 cm³/mol. The molecule has 0 radical (unpaired) electrons. The second-order valence-corrected chi connectivity index (χ2v) is 6.26. The Morgan fingerprint density at radius 1 is 1.04 bits per heavy atom. The van der Waals surface area contributed by atoms with Gasteiger partial charge < -0.3 is 9.47 Å². The van der Waals surface area contributed by atoms with Crippen molar-refractivity contribution >= 4 is 5.97 Å². The van der Waals surface area contributed by atoms with Gasteiger partial charge in [0, 0.05) is 0 Å². The van der Waals surface area contributed by atoms with Gasteiger partial charge in [0.25, 0.3) is 0 Å². The molecule has 0 amide bonds. The van der Waals surface area contributed by atoms with Crippen LogP contribution in [0.5, 0.6) is 5.75 Å². The molecule has 2 aromatic carbocycles. The Morgan fingerprint density at radius 2 is 1.88 bits per heavy atom. The molecule has 126 valence electrons. The van der Waals surface area contributed by atoms with Crippen molar-refractivity contribution in [3.8, 4) is 5.75 Å². The van der Waals surface area contributed by atoms with E-state index in [4.69, 9.17) is 9.47 Å². The van der Waals surface area contributed by atoms with Gasteiger partial charge >= 0.3 is 5.97 Å². The van der Waals surface area contributed by atoms with Gasteiger partial charge in [-0.05, 0) is 73.1 Å². The highest BCUT2D eigenvalue weighted by Gasteiger charge is 2.11. The molecule has 0 unspecified atom stereocenters. The van der Waals surface area contributed by atoms with E-state index in [1.807, 2.05) is 31.2 Å². The van der Waals surface area contributed by atoms with Crippen LogP contribution in [-0.4, -0.2) is 12.6 Å². The standard InChI is InChI=1S/C21H24O3/c1-2-12-23-21(22)19-9-5-6-16(13-19)15-24-20-11-10-17-7-3-4-8-18(17)14-20/h5-6,9-11,13-14H,2-4,7-8,12,15H2,1H3. The molecule has 0 N–H and O–H groups in total. The van der Waals surface area contributed by atoms with Gasteiger partial charge in [0.2, 0.25) is 0 Å². The first-order valence-corrected chi connectivity index (χ1v) is 8.77. The number of fused-ring (bicyclic) bond motifs is 1. The lowest BCUT2D eigenvalue weighted by Crippen LogP contribution is -2.07. The van der Waals surface area contributed by atoms with Crippen molar-refractivity contribution in [2.24, 2.45) is 0 Å². The summed E-state index contributed by atoms with van der Waals surface area (Å²) in [6.45, 7) is 2.89. The van der Waals surface area contributed by atoms with Crippen molar-refractivity contribution in [3.63, 3.8) is 0 Å². The van der Waals surface area contributed by atoms with Crippen LogP contribution in [0.1, 0.15) is 53.2 Å². The van der Waals surface area contributed by atoms with Gasteiger partial charge in [-0.2, -0.15) is 0 Å². The highest BCUT2D eigenvalue weighted by molar-refractivity contribution is 5.89. The maximum Gasteiger partial charge on any atom is 0.338 e. The molecular weight excluding hydrogens is 300 g/mol. The zero-order chi connectivity index (χ0) is 16.8. The molecule has 2 aromatic rings. The number of hydrogen-bond donors (Lipinski definition) is 0. The first-order valence-electron chi connectivity index (χ1n) is 8.77. The van der Waals surface area contributed by atoms with Crippen LogP contribution in [0.2, 0.25) is 0 Å². The van der Waals surface area contributed by atoms with E-state index in [2.05, 4.69) is 12.1 Å². The third-order valence-electron chi connectivity index (χ3n) is 4.33. The average Bonchev–Trinajstić information content (AvgIpc) is 2.64. The van der Waals surface area contributed by atoms with Crippen LogP contribution in [0.4, 0.5) is 0 Å². The third-order valence-corrected chi connectivity index (χ3v) is 4.33. The first kappa shape index (κ1) is 16.6. The van der Waals surface area contributed by atoms with Crippen molar-refractivity contribution in [1.82, 2.24) is 0 Å². The van der Waals surface area contributed by atoms with E-state index < -0.39 is 0 Å². The summed E-state index contributed by atoms with van der Waals surface area (Å²) in [6, 6.07) is 13.8. The molecule has 0 fully saturated rings. The van der Waals surface area contributed by atoms with Crippen LogP contribution in [0.15, 0.2) is 42.5 Å². The number of hydrogen-bond acceptors (Lipinski definition) is 3. The summed E-state index contributed by atoms with van der Waals surface area (Å²) in [5.41, 5.74) is 4.42.